The number of nitrogens with zero attached hydrogens (tertiary/aromatic N) is 2. The third-order valence-corrected chi connectivity index (χ3v) is 9.17. The molecule has 0 spiro atoms. The number of carbonyl (C=O) groups excluding carboxylic acids is 3. The normalized spacial score (nSPS) is 12.3. The van der Waals surface area contributed by atoms with E-state index in [0.717, 1.165) is 20.5 Å². The van der Waals surface area contributed by atoms with Crippen LogP contribution in [-0.4, -0.2) is 34.3 Å². The summed E-state index contributed by atoms with van der Waals surface area (Å²) in [7, 11) is 0. The van der Waals surface area contributed by atoms with Gasteiger partial charge in [-0.1, -0.05) is 39.3 Å². The Kier molecular flexibility index (Phi) is 14.2. The van der Waals surface area contributed by atoms with Crippen molar-refractivity contribution in [2.24, 2.45) is 0 Å². The first-order valence-corrected chi connectivity index (χ1v) is 16.4. The minimum atomic E-state index is -4.90. The molecule has 2 amide bonds. The second kappa shape index (κ2) is 16.0. The molecule has 0 fully saturated rings. The van der Waals surface area contributed by atoms with Crippen LogP contribution >= 0.6 is 52.1 Å². The number of amides is 2. The molecule has 0 radical (unpaired) electrons. The second-order valence-electron chi connectivity index (χ2n) is 7.40. The van der Waals surface area contributed by atoms with Crippen molar-refractivity contribution in [3.63, 3.8) is 0 Å². The Labute approximate surface area is 254 Å². The molecule has 14 heteroatoms. The molecular weight excluding hydrogens is 780 g/mol. The molecule has 3 aromatic carbocycles. The van der Waals surface area contributed by atoms with Crippen LogP contribution in [0.4, 0.5) is 24.5 Å². The number of rotatable bonds is 3. The average molecular weight is 806 g/mol. The van der Waals surface area contributed by atoms with Gasteiger partial charge in [0.05, 0.1) is 11.4 Å². The molecule has 1 heterocycles. The quantitative estimate of drug-likeness (QED) is 0.124. The first kappa shape index (κ1) is 35.5. The van der Waals surface area contributed by atoms with Crippen LogP contribution in [-0.2, 0) is 17.5 Å². The van der Waals surface area contributed by atoms with Crippen molar-refractivity contribution in [2.45, 2.75) is 27.6 Å². The van der Waals surface area contributed by atoms with Gasteiger partial charge in [0.1, 0.15) is 0 Å². The number of hydrogen-bond acceptors (Lipinski definition) is 6. The topological polar surface area (TPSA) is 96.4 Å². The van der Waals surface area contributed by atoms with Crippen molar-refractivity contribution in [2.75, 3.05) is 15.1 Å². The van der Waals surface area contributed by atoms with Gasteiger partial charge < -0.3 is 0 Å². The number of hydrogen-bond donors (Lipinski definition) is 1. The Hall–Kier alpha value is -2.53. The molecular formula is C26H26Br2F3IN2O6. The van der Waals surface area contributed by atoms with Gasteiger partial charge >= 0.3 is 78.8 Å². The summed E-state index contributed by atoms with van der Waals surface area (Å²) in [6.07, 6.45) is -4.90. The van der Waals surface area contributed by atoms with E-state index in [2.05, 4.69) is 36.7 Å². The van der Waals surface area contributed by atoms with E-state index in [1.54, 1.807) is 24.3 Å². The third kappa shape index (κ3) is 11.2. The number of carbonyl (C=O) groups is 3. The summed E-state index contributed by atoms with van der Waals surface area (Å²) in [6.45, 7) is 2.27. The van der Waals surface area contributed by atoms with Gasteiger partial charge in [0.2, 0.25) is 11.8 Å². The summed E-state index contributed by atoms with van der Waals surface area (Å²) in [5, 5.41) is 9.95. The molecule has 0 saturated heterocycles. The zero-order valence-electron chi connectivity index (χ0n) is 20.6. The fourth-order valence-electron chi connectivity index (χ4n) is 2.79. The van der Waals surface area contributed by atoms with Gasteiger partial charge in [-0.25, -0.2) is 0 Å². The molecule has 8 nitrogen and oxygen atoms in total. The number of hydroxylamine groups is 2. The summed E-state index contributed by atoms with van der Waals surface area (Å²) in [6, 6.07) is 20.1. The van der Waals surface area contributed by atoms with Crippen LogP contribution in [0.25, 0.3) is 0 Å². The Morgan fingerprint density at radius 1 is 0.875 bits per heavy atom. The van der Waals surface area contributed by atoms with Gasteiger partial charge in [0.25, 0.3) is 0 Å². The van der Waals surface area contributed by atoms with Crippen molar-refractivity contribution < 1.29 is 40.7 Å². The van der Waals surface area contributed by atoms with Crippen LogP contribution in [0.3, 0.4) is 0 Å². The number of benzene rings is 3. The van der Waals surface area contributed by atoms with Crippen molar-refractivity contribution in [1.82, 2.24) is 0 Å². The van der Waals surface area contributed by atoms with E-state index >= 15 is 0 Å². The van der Waals surface area contributed by atoms with E-state index < -0.39 is 38.4 Å². The Balaban J connectivity index is 0.000000302. The molecule has 3 aromatic rings. The van der Waals surface area contributed by atoms with Gasteiger partial charge in [0.15, 0.2) is 0 Å². The van der Waals surface area contributed by atoms with E-state index in [1.165, 1.54) is 31.2 Å². The van der Waals surface area contributed by atoms with Crippen LogP contribution in [0, 0.1) is 3.57 Å². The van der Waals surface area contributed by atoms with Gasteiger partial charge in [-0.2, -0.15) is 15.0 Å². The first-order chi connectivity index (χ1) is 18.2. The molecule has 0 aromatic heterocycles. The second-order valence-corrected chi connectivity index (χ2v) is 13.2. The summed E-state index contributed by atoms with van der Waals surface area (Å²) in [5.41, 5.74) is 1.25. The molecule has 0 bridgehead atoms. The number of halogens is 6. The van der Waals surface area contributed by atoms with Crippen molar-refractivity contribution in [3.05, 3.63) is 90.9 Å². The monoisotopic (exact) mass is 804 g/mol. The Bertz CT molecular complexity index is 1290. The maximum absolute atomic E-state index is 12.0. The van der Waals surface area contributed by atoms with Crippen LogP contribution in [0.15, 0.2) is 81.7 Å². The molecule has 4 rings (SSSR count). The molecule has 1 N–H and O–H groups in total. The molecule has 0 atom stereocenters. The SMILES string of the molecule is C.CC(=O)N(O)c1ccc(Br)cc1.CC(=O)N(OC(F)(F)F)c1ccc(Br)cc1.CI1OC(=O)c2ccccc21. The third-order valence-electron chi connectivity index (χ3n) is 4.48. The Morgan fingerprint density at radius 2 is 1.35 bits per heavy atom. The summed E-state index contributed by atoms with van der Waals surface area (Å²) < 4.78 is 43.9. The van der Waals surface area contributed by atoms with Crippen molar-refractivity contribution in [1.29, 1.82) is 0 Å². The molecule has 1 aliphatic rings. The zero-order chi connectivity index (χ0) is 29.3. The van der Waals surface area contributed by atoms with Crippen LogP contribution < -0.4 is 10.1 Å². The molecule has 218 valence electrons. The summed E-state index contributed by atoms with van der Waals surface area (Å²) in [5.74, 6) is -1.40. The maximum atomic E-state index is 12.0. The number of fused-ring (bicyclic) bond motifs is 1. The summed E-state index contributed by atoms with van der Waals surface area (Å²) >= 11 is 4.85. The number of alkyl halides is 4. The zero-order valence-corrected chi connectivity index (χ0v) is 25.9. The fraction of sp³-hybridized carbons (Fsp3) is 0.192. The molecule has 0 aliphatic carbocycles. The predicted octanol–water partition coefficient (Wildman–Crippen LogP) is 8.16. The predicted molar refractivity (Wildman–Crippen MR) is 161 cm³/mol. The van der Waals surface area contributed by atoms with E-state index in [9.17, 15) is 27.6 Å². The van der Waals surface area contributed by atoms with E-state index in [1.807, 2.05) is 29.2 Å². The van der Waals surface area contributed by atoms with Crippen molar-refractivity contribution in [3.8, 4) is 0 Å². The Morgan fingerprint density at radius 3 is 1.77 bits per heavy atom. The van der Waals surface area contributed by atoms with E-state index in [4.69, 9.17) is 8.27 Å². The number of anilines is 2. The average Bonchev–Trinajstić information content (AvgIpc) is 3.17. The van der Waals surface area contributed by atoms with E-state index in [0.29, 0.717) is 15.2 Å². The molecule has 1 aliphatic heterocycles. The van der Waals surface area contributed by atoms with Crippen LogP contribution in [0.2, 0.25) is 0 Å². The standard InChI is InChI=1S/C9H7BrF3NO2.C8H8BrNO2.C8H7IO2.CH4/c1-6(15)14(16-9(11,12)13)8-4-2-7(10)3-5-8;1-6(11)10(12)8-4-2-7(9)3-5-8;1-9-7-5-3-2-4-6(7)8(10)11-9;/h2-5H,1H3;2-5,12H,1H3;2-5H,1H3;1H4. The minimum absolute atomic E-state index is 0. The molecule has 0 saturated carbocycles. The van der Waals surface area contributed by atoms with Crippen LogP contribution in [0.1, 0.15) is 31.6 Å². The summed E-state index contributed by atoms with van der Waals surface area (Å²) in [4.78, 5) is 38.4. The molecule has 40 heavy (non-hydrogen) atoms. The van der Waals surface area contributed by atoms with Gasteiger partial charge in [0, 0.05) is 22.8 Å². The van der Waals surface area contributed by atoms with Gasteiger partial charge in [-0.3, -0.25) is 14.8 Å². The first-order valence-electron chi connectivity index (χ1n) is 10.7. The molecule has 0 unspecified atom stereocenters. The van der Waals surface area contributed by atoms with E-state index in [-0.39, 0.29) is 24.1 Å². The van der Waals surface area contributed by atoms with Crippen LogP contribution in [0.5, 0.6) is 0 Å². The van der Waals surface area contributed by atoms with Gasteiger partial charge in [-0.15, -0.1) is 13.2 Å². The van der Waals surface area contributed by atoms with Crippen molar-refractivity contribution >= 4 is 81.3 Å². The fourth-order valence-corrected chi connectivity index (χ4v) is 6.33. The van der Waals surface area contributed by atoms with Gasteiger partial charge in [-0.05, 0) is 48.5 Å².